The number of carbonyl (C=O) groups is 1. The average Bonchev–Trinajstić information content (AvgIpc) is 2.49. The number of nitrogens with one attached hydrogen (secondary N) is 1. The van der Waals surface area contributed by atoms with E-state index in [1.165, 1.54) is 0 Å². The molecule has 0 aromatic heterocycles. The zero-order valence-electron chi connectivity index (χ0n) is 11.5. The van der Waals surface area contributed by atoms with Crippen LogP contribution in [0.25, 0.3) is 0 Å². The van der Waals surface area contributed by atoms with Crippen molar-refractivity contribution >= 4 is 5.97 Å². The highest BCUT2D eigenvalue weighted by Gasteiger charge is 2.20. The maximum atomic E-state index is 11.4. The van der Waals surface area contributed by atoms with Gasteiger partial charge in [-0.05, 0) is 18.1 Å². The van der Waals surface area contributed by atoms with Crippen LogP contribution in [0.15, 0.2) is 60.7 Å². The first-order chi connectivity index (χ1) is 9.68. The summed E-state index contributed by atoms with van der Waals surface area (Å²) < 4.78 is 0. The van der Waals surface area contributed by atoms with Crippen molar-refractivity contribution in [3.8, 4) is 0 Å². The summed E-state index contributed by atoms with van der Waals surface area (Å²) in [5, 5.41) is 12.7. The summed E-state index contributed by atoms with van der Waals surface area (Å²) in [5.41, 5.74) is 1.98. The monoisotopic (exact) mass is 269 g/mol. The topological polar surface area (TPSA) is 49.3 Å². The van der Waals surface area contributed by atoms with Gasteiger partial charge in [-0.2, -0.15) is 0 Å². The molecule has 104 valence electrons. The molecule has 0 fully saturated rings. The highest BCUT2D eigenvalue weighted by Crippen LogP contribution is 2.17. The standard InChI is InChI=1S/C17H19NO2/c1-13(14-8-4-2-5-9-14)18-12-16(17(19)20)15-10-6-3-7-11-15/h2-11,13,16,18H,12H2,1H3,(H,19,20). The van der Waals surface area contributed by atoms with Gasteiger partial charge in [0.1, 0.15) is 0 Å². The summed E-state index contributed by atoms with van der Waals surface area (Å²) in [4.78, 5) is 11.4. The van der Waals surface area contributed by atoms with E-state index in [9.17, 15) is 9.90 Å². The Kier molecular flexibility index (Phi) is 4.91. The van der Waals surface area contributed by atoms with Gasteiger partial charge < -0.3 is 10.4 Å². The van der Waals surface area contributed by atoms with Crippen LogP contribution in [0.3, 0.4) is 0 Å². The van der Waals surface area contributed by atoms with E-state index in [0.29, 0.717) is 6.54 Å². The van der Waals surface area contributed by atoms with Crippen LogP contribution in [-0.2, 0) is 4.79 Å². The van der Waals surface area contributed by atoms with Crippen LogP contribution in [0, 0.1) is 0 Å². The van der Waals surface area contributed by atoms with E-state index in [2.05, 4.69) is 5.32 Å². The van der Waals surface area contributed by atoms with Gasteiger partial charge in [0.25, 0.3) is 0 Å². The Balaban J connectivity index is 2.02. The zero-order valence-corrected chi connectivity index (χ0v) is 11.5. The van der Waals surface area contributed by atoms with E-state index in [0.717, 1.165) is 11.1 Å². The first-order valence-electron chi connectivity index (χ1n) is 6.74. The van der Waals surface area contributed by atoms with Gasteiger partial charge in [0.2, 0.25) is 0 Å². The molecule has 2 atom stereocenters. The Hall–Kier alpha value is -2.13. The van der Waals surface area contributed by atoms with E-state index < -0.39 is 11.9 Å². The maximum absolute atomic E-state index is 11.4. The van der Waals surface area contributed by atoms with E-state index >= 15 is 0 Å². The lowest BCUT2D eigenvalue weighted by Crippen LogP contribution is -2.28. The fourth-order valence-corrected chi connectivity index (χ4v) is 2.19. The third-order valence-corrected chi connectivity index (χ3v) is 3.43. The number of aliphatic carboxylic acids is 1. The SMILES string of the molecule is CC(NCC(C(=O)O)c1ccccc1)c1ccccc1. The number of hydrogen-bond donors (Lipinski definition) is 2. The molecule has 2 unspecified atom stereocenters. The van der Waals surface area contributed by atoms with Crippen LogP contribution in [0.2, 0.25) is 0 Å². The Bertz CT molecular complexity index is 539. The molecule has 0 spiro atoms. The van der Waals surface area contributed by atoms with Gasteiger partial charge in [0.05, 0.1) is 5.92 Å². The van der Waals surface area contributed by atoms with E-state index in [1.54, 1.807) is 0 Å². The molecule has 2 N–H and O–H groups in total. The van der Waals surface area contributed by atoms with E-state index in [1.807, 2.05) is 67.6 Å². The highest BCUT2D eigenvalue weighted by atomic mass is 16.4. The van der Waals surface area contributed by atoms with Gasteiger partial charge in [-0.1, -0.05) is 60.7 Å². The molecule has 0 heterocycles. The molecular weight excluding hydrogens is 250 g/mol. The lowest BCUT2D eigenvalue weighted by Gasteiger charge is -2.18. The summed E-state index contributed by atoms with van der Waals surface area (Å²) in [6.07, 6.45) is 0. The minimum Gasteiger partial charge on any atom is -0.481 e. The van der Waals surface area contributed by atoms with E-state index in [-0.39, 0.29) is 6.04 Å². The molecule has 0 amide bonds. The van der Waals surface area contributed by atoms with Crippen LogP contribution < -0.4 is 5.32 Å². The van der Waals surface area contributed by atoms with Crippen LogP contribution in [0.5, 0.6) is 0 Å². The first kappa shape index (κ1) is 14.3. The number of rotatable bonds is 6. The lowest BCUT2D eigenvalue weighted by molar-refractivity contribution is -0.138. The van der Waals surface area contributed by atoms with Crippen LogP contribution >= 0.6 is 0 Å². The molecule has 0 aliphatic heterocycles. The Morgan fingerprint density at radius 2 is 1.50 bits per heavy atom. The van der Waals surface area contributed by atoms with Gasteiger partial charge in [0.15, 0.2) is 0 Å². The maximum Gasteiger partial charge on any atom is 0.312 e. The quantitative estimate of drug-likeness (QED) is 0.846. The van der Waals surface area contributed by atoms with Crippen molar-refractivity contribution in [2.45, 2.75) is 18.9 Å². The minimum atomic E-state index is -0.802. The molecule has 0 aliphatic rings. The minimum absolute atomic E-state index is 0.127. The van der Waals surface area contributed by atoms with Gasteiger partial charge in [0, 0.05) is 12.6 Å². The molecule has 0 saturated heterocycles. The highest BCUT2D eigenvalue weighted by molar-refractivity contribution is 5.76. The van der Waals surface area contributed by atoms with Crippen LogP contribution in [0.1, 0.15) is 30.0 Å². The first-order valence-corrected chi connectivity index (χ1v) is 6.74. The van der Waals surface area contributed by atoms with Gasteiger partial charge in [-0.15, -0.1) is 0 Å². The van der Waals surface area contributed by atoms with Crippen molar-refractivity contribution in [1.29, 1.82) is 0 Å². The van der Waals surface area contributed by atoms with Crippen molar-refractivity contribution in [3.63, 3.8) is 0 Å². The Morgan fingerprint density at radius 3 is 2.00 bits per heavy atom. The van der Waals surface area contributed by atoms with Gasteiger partial charge in [-0.3, -0.25) is 4.79 Å². The molecule has 0 saturated carbocycles. The molecule has 0 radical (unpaired) electrons. The molecule has 0 aliphatic carbocycles. The second-order valence-corrected chi connectivity index (χ2v) is 4.84. The summed E-state index contributed by atoms with van der Waals surface area (Å²) in [5.74, 6) is -1.33. The van der Waals surface area contributed by atoms with Crippen LogP contribution in [-0.4, -0.2) is 17.6 Å². The molecule has 3 nitrogen and oxygen atoms in total. The fourth-order valence-electron chi connectivity index (χ4n) is 2.19. The normalized spacial score (nSPS) is 13.7. The van der Waals surface area contributed by atoms with Crippen molar-refractivity contribution in [2.24, 2.45) is 0 Å². The molecule has 0 bridgehead atoms. The third kappa shape index (κ3) is 3.68. The Labute approximate surface area is 119 Å². The molecule has 2 rings (SSSR count). The van der Waals surface area contributed by atoms with Crippen LogP contribution in [0.4, 0.5) is 0 Å². The molecule has 20 heavy (non-hydrogen) atoms. The van der Waals surface area contributed by atoms with E-state index in [4.69, 9.17) is 0 Å². The summed E-state index contributed by atoms with van der Waals surface area (Å²) in [6.45, 7) is 2.45. The van der Waals surface area contributed by atoms with Gasteiger partial charge in [-0.25, -0.2) is 0 Å². The summed E-state index contributed by atoms with van der Waals surface area (Å²) >= 11 is 0. The largest absolute Gasteiger partial charge is 0.481 e. The number of carboxylic acid groups (broad SMARTS) is 1. The fraction of sp³-hybridized carbons (Fsp3) is 0.235. The third-order valence-electron chi connectivity index (χ3n) is 3.43. The number of hydrogen-bond acceptors (Lipinski definition) is 2. The number of benzene rings is 2. The van der Waals surface area contributed by atoms with Crippen molar-refractivity contribution in [2.75, 3.05) is 6.54 Å². The second kappa shape index (κ2) is 6.87. The predicted molar refractivity (Wildman–Crippen MR) is 79.7 cm³/mol. The zero-order chi connectivity index (χ0) is 14.4. The molecule has 2 aromatic carbocycles. The summed E-state index contributed by atoms with van der Waals surface area (Å²) in [7, 11) is 0. The second-order valence-electron chi connectivity index (χ2n) is 4.84. The average molecular weight is 269 g/mol. The lowest BCUT2D eigenvalue weighted by atomic mass is 9.98. The van der Waals surface area contributed by atoms with Crippen molar-refractivity contribution < 1.29 is 9.90 Å². The molecular formula is C17H19NO2. The smallest absolute Gasteiger partial charge is 0.312 e. The Morgan fingerprint density at radius 1 is 1.00 bits per heavy atom. The number of carboxylic acids is 1. The van der Waals surface area contributed by atoms with Crippen molar-refractivity contribution in [3.05, 3.63) is 71.8 Å². The van der Waals surface area contributed by atoms with Crippen molar-refractivity contribution in [1.82, 2.24) is 5.32 Å². The molecule has 3 heteroatoms. The predicted octanol–water partition coefficient (Wildman–Crippen LogP) is 3.21. The van der Waals surface area contributed by atoms with Gasteiger partial charge >= 0.3 is 5.97 Å². The summed E-state index contributed by atoms with van der Waals surface area (Å²) in [6, 6.07) is 19.5. The molecule has 2 aromatic rings.